The van der Waals surface area contributed by atoms with Gasteiger partial charge in [-0.05, 0) is 30.7 Å². The number of hydrogen-bond acceptors (Lipinski definition) is 4. The molecule has 156 valence electrons. The highest BCUT2D eigenvalue weighted by molar-refractivity contribution is 7.86. The lowest BCUT2D eigenvalue weighted by atomic mass is 9.98. The van der Waals surface area contributed by atoms with Crippen molar-refractivity contribution in [3.05, 3.63) is 80.3 Å². The lowest BCUT2D eigenvalue weighted by Gasteiger charge is -2.17. The van der Waals surface area contributed by atoms with Crippen molar-refractivity contribution < 1.29 is 17.3 Å². The van der Waals surface area contributed by atoms with Gasteiger partial charge in [0.15, 0.2) is 0 Å². The molecule has 0 N–H and O–H groups in total. The third-order valence-corrected chi connectivity index (χ3v) is 7.20. The van der Waals surface area contributed by atoms with E-state index in [1.54, 1.807) is 24.3 Å². The first kappa shape index (κ1) is 21.5. The van der Waals surface area contributed by atoms with Gasteiger partial charge in [0.25, 0.3) is 10.1 Å². The lowest BCUT2D eigenvalue weighted by Crippen LogP contribution is -2.12. The SMILES string of the molecule is COS(=O)(=O)c1ccc(C)cc1C1Cc2cccc(-c3c(Cl)cc(Cl)cc3Cl)c2O1. The molecule has 8 heteroatoms. The van der Waals surface area contributed by atoms with Gasteiger partial charge in [0, 0.05) is 28.1 Å². The highest BCUT2D eigenvalue weighted by atomic mass is 35.5. The largest absolute Gasteiger partial charge is 0.484 e. The Morgan fingerprint density at radius 3 is 2.40 bits per heavy atom. The van der Waals surface area contributed by atoms with E-state index in [2.05, 4.69) is 0 Å². The van der Waals surface area contributed by atoms with Gasteiger partial charge in [-0.1, -0.05) is 70.7 Å². The fourth-order valence-electron chi connectivity index (χ4n) is 3.68. The summed E-state index contributed by atoms with van der Waals surface area (Å²) in [5.74, 6) is 0.621. The summed E-state index contributed by atoms with van der Waals surface area (Å²) < 4.78 is 35.9. The molecule has 0 aliphatic carbocycles. The van der Waals surface area contributed by atoms with Crippen LogP contribution in [0.5, 0.6) is 5.75 Å². The first-order chi connectivity index (χ1) is 14.2. The van der Waals surface area contributed by atoms with Crippen LogP contribution >= 0.6 is 34.8 Å². The maximum absolute atomic E-state index is 12.4. The Morgan fingerprint density at radius 2 is 1.73 bits per heavy atom. The van der Waals surface area contributed by atoms with Gasteiger partial charge in [0.1, 0.15) is 16.7 Å². The number of rotatable bonds is 4. The van der Waals surface area contributed by atoms with E-state index < -0.39 is 16.2 Å². The van der Waals surface area contributed by atoms with Gasteiger partial charge in [-0.3, -0.25) is 4.18 Å². The van der Waals surface area contributed by atoms with Crippen molar-refractivity contribution in [2.24, 2.45) is 0 Å². The van der Waals surface area contributed by atoms with Crippen LogP contribution in [0.2, 0.25) is 15.1 Å². The van der Waals surface area contributed by atoms with Crippen molar-refractivity contribution in [3.8, 4) is 16.9 Å². The minimum absolute atomic E-state index is 0.0949. The fraction of sp³-hybridized carbons (Fsp3) is 0.182. The van der Waals surface area contributed by atoms with Crippen molar-refractivity contribution in [2.45, 2.75) is 24.3 Å². The summed E-state index contributed by atoms with van der Waals surface area (Å²) >= 11 is 18.9. The zero-order valence-corrected chi connectivity index (χ0v) is 19.2. The number of benzene rings is 3. The standard InChI is InChI=1S/C22H17Cl3O4S/c1-12-6-7-20(30(26,27)28-2)16(8-12)19-9-13-4-3-5-15(22(13)29-19)21-17(24)10-14(23)11-18(21)25/h3-8,10-11,19H,9H2,1-2H3. The van der Waals surface area contributed by atoms with Gasteiger partial charge in [0.05, 0.1) is 17.2 Å². The number of ether oxygens (including phenoxy) is 1. The Morgan fingerprint density at radius 1 is 1.03 bits per heavy atom. The molecule has 1 heterocycles. The Balaban J connectivity index is 1.82. The normalized spacial score (nSPS) is 15.7. The zero-order valence-electron chi connectivity index (χ0n) is 16.1. The number of halogens is 3. The first-order valence-corrected chi connectivity index (χ1v) is 11.6. The summed E-state index contributed by atoms with van der Waals surface area (Å²) in [6.45, 7) is 1.90. The summed E-state index contributed by atoms with van der Waals surface area (Å²) in [7, 11) is -2.74. The van der Waals surface area contributed by atoms with Crippen LogP contribution in [-0.4, -0.2) is 15.5 Å². The second-order valence-electron chi connectivity index (χ2n) is 7.01. The molecule has 0 aromatic heterocycles. The Kier molecular flexibility index (Phi) is 5.77. The van der Waals surface area contributed by atoms with Crippen LogP contribution in [0.15, 0.2) is 53.4 Å². The molecular formula is C22H17Cl3O4S. The van der Waals surface area contributed by atoms with Crippen LogP contribution in [0.3, 0.4) is 0 Å². The van der Waals surface area contributed by atoms with Crippen molar-refractivity contribution in [2.75, 3.05) is 7.11 Å². The van der Waals surface area contributed by atoms with E-state index in [0.717, 1.165) is 23.8 Å². The van der Waals surface area contributed by atoms with Crippen LogP contribution in [-0.2, 0) is 20.7 Å². The van der Waals surface area contributed by atoms with Gasteiger partial charge in [0.2, 0.25) is 0 Å². The summed E-state index contributed by atoms with van der Waals surface area (Å²) in [6.07, 6.45) is 0.00707. The third kappa shape index (κ3) is 3.81. The lowest BCUT2D eigenvalue weighted by molar-refractivity contribution is 0.235. The number of para-hydroxylation sites is 1. The van der Waals surface area contributed by atoms with E-state index in [1.807, 2.05) is 31.2 Å². The predicted octanol–water partition coefficient (Wildman–Crippen LogP) is 6.63. The smallest absolute Gasteiger partial charge is 0.297 e. The average molecular weight is 484 g/mol. The molecular weight excluding hydrogens is 467 g/mol. The van der Waals surface area contributed by atoms with Gasteiger partial charge in [-0.2, -0.15) is 8.42 Å². The molecule has 0 bridgehead atoms. The first-order valence-electron chi connectivity index (χ1n) is 9.06. The van der Waals surface area contributed by atoms with Crippen molar-refractivity contribution in [1.82, 2.24) is 0 Å². The molecule has 30 heavy (non-hydrogen) atoms. The number of aryl methyl sites for hydroxylation is 1. The van der Waals surface area contributed by atoms with Crippen LogP contribution in [0, 0.1) is 6.92 Å². The molecule has 0 spiro atoms. The van der Waals surface area contributed by atoms with E-state index >= 15 is 0 Å². The van der Waals surface area contributed by atoms with Gasteiger partial charge in [-0.25, -0.2) is 0 Å². The highest BCUT2D eigenvalue weighted by Gasteiger charge is 2.32. The summed E-state index contributed by atoms with van der Waals surface area (Å²) in [5, 5.41) is 1.26. The Bertz CT molecular complexity index is 1230. The second-order valence-corrected chi connectivity index (χ2v) is 9.94. The number of hydrogen-bond donors (Lipinski definition) is 0. The third-order valence-electron chi connectivity index (χ3n) is 5.04. The topological polar surface area (TPSA) is 52.6 Å². The molecule has 0 amide bonds. The number of fused-ring (bicyclic) bond motifs is 1. The van der Waals surface area contributed by atoms with Crippen LogP contribution in [0.1, 0.15) is 22.8 Å². The molecule has 4 rings (SSSR count). The molecule has 1 atom stereocenters. The van der Waals surface area contributed by atoms with E-state index in [9.17, 15) is 8.42 Å². The van der Waals surface area contributed by atoms with E-state index in [1.165, 1.54) is 0 Å². The molecule has 1 aliphatic rings. The maximum atomic E-state index is 12.4. The average Bonchev–Trinajstić information content (AvgIpc) is 3.12. The molecule has 3 aromatic rings. The van der Waals surface area contributed by atoms with E-state index in [4.69, 9.17) is 43.7 Å². The van der Waals surface area contributed by atoms with E-state index in [0.29, 0.717) is 38.4 Å². The molecule has 0 radical (unpaired) electrons. The molecule has 4 nitrogen and oxygen atoms in total. The molecule has 1 unspecified atom stereocenters. The second kappa shape index (κ2) is 8.06. The summed E-state index contributed by atoms with van der Waals surface area (Å²) in [4.78, 5) is 0.0949. The van der Waals surface area contributed by atoms with Gasteiger partial charge < -0.3 is 4.74 Å². The van der Waals surface area contributed by atoms with Crippen LogP contribution < -0.4 is 4.74 Å². The quantitative estimate of drug-likeness (QED) is 0.391. The Hall–Kier alpha value is -1.76. The highest BCUT2D eigenvalue weighted by Crippen LogP contribution is 2.48. The van der Waals surface area contributed by atoms with E-state index in [-0.39, 0.29) is 4.90 Å². The monoisotopic (exact) mass is 482 g/mol. The predicted molar refractivity (Wildman–Crippen MR) is 119 cm³/mol. The van der Waals surface area contributed by atoms with Gasteiger partial charge in [-0.15, -0.1) is 0 Å². The molecule has 3 aromatic carbocycles. The molecule has 0 saturated carbocycles. The van der Waals surface area contributed by atoms with Crippen LogP contribution in [0.25, 0.3) is 11.1 Å². The van der Waals surface area contributed by atoms with Crippen molar-refractivity contribution in [3.63, 3.8) is 0 Å². The minimum atomic E-state index is -3.89. The maximum Gasteiger partial charge on any atom is 0.297 e. The van der Waals surface area contributed by atoms with Crippen molar-refractivity contribution >= 4 is 44.9 Å². The fourth-order valence-corrected chi connectivity index (χ4v) is 5.59. The molecule has 1 aliphatic heterocycles. The zero-order chi connectivity index (χ0) is 21.6. The summed E-state index contributed by atoms with van der Waals surface area (Å²) in [5.41, 5.74) is 3.75. The minimum Gasteiger partial charge on any atom is -0.484 e. The van der Waals surface area contributed by atoms with Gasteiger partial charge >= 0.3 is 0 Å². The molecule has 0 saturated heterocycles. The Labute approximate surface area is 190 Å². The summed E-state index contributed by atoms with van der Waals surface area (Å²) in [6, 6.07) is 14.0. The van der Waals surface area contributed by atoms with Crippen LogP contribution in [0.4, 0.5) is 0 Å². The van der Waals surface area contributed by atoms with Crippen molar-refractivity contribution in [1.29, 1.82) is 0 Å². The molecule has 0 fully saturated rings.